The molecule has 1 aliphatic rings. The first kappa shape index (κ1) is 13.0. The van der Waals surface area contributed by atoms with Crippen LogP contribution in [-0.2, 0) is 0 Å². The molecule has 0 aliphatic heterocycles. The summed E-state index contributed by atoms with van der Waals surface area (Å²) in [7, 11) is 0. The van der Waals surface area contributed by atoms with E-state index in [1.807, 2.05) is 0 Å². The molecule has 2 N–H and O–H groups in total. The lowest BCUT2D eigenvalue weighted by atomic mass is 10.2. The standard InChI is InChI=1S/C12H16BrN3S/c13-12-5-4-11(17-12)10(8-15)16(7-1-6-14)9-2-3-9/h4-5,9-10H,1-3,7-8,15H2. The van der Waals surface area contributed by atoms with Crippen molar-refractivity contribution in [3.05, 3.63) is 20.8 Å². The van der Waals surface area contributed by atoms with Crippen LogP contribution in [0.25, 0.3) is 0 Å². The second kappa shape index (κ2) is 5.96. The molecule has 1 atom stereocenters. The quantitative estimate of drug-likeness (QED) is 0.878. The summed E-state index contributed by atoms with van der Waals surface area (Å²) in [5.41, 5.74) is 5.92. The summed E-state index contributed by atoms with van der Waals surface area (Å²) in [5.74, 6) is 0. The highest BCUT2D eigenvalue weighted by Gasteiger charge is 2.34. The Balaban J connectivity index is 2.11. The average molecular weight is 314 g/mol. The predicted molar refractivity (Wildman–Crippen MR) is 73.8 cm³/mol. The van der Waals surface area contributed by atoms with Crippen LogP contribution in [0.3, 0.4) is 0 Å². The van der Waals surface area contributed by atoms with Crippen molar-refractivity contribution in [2.75, 3.05) is 13.1 Å². The molecule has 0 spiro atoms. The summed E-state index contributed by atoms with van der Waals surface area (Å²) in [6.45, 7) is 1.45. The Morgan fingerprint density at radius 1 is 1.59 bits per heavy atom. The zero-order valence-corrected chi connectivity index (χ0v) is 12.0. The third-order valence-corrected chi connectivity index (χ3v) is 4.77. The Labute approximate surface area is 114 Å². The van der Waals surface area contributed by atoms with E-state index in [9.17, 15) is 0 Å². The van der Waals surface area contributed by atoms with Crippen molar-refractivity contribution < 1.29 is 0 Å². The van der Waals surface area contributed by atoms with Gasteiger partial charge in [-0.3, -0.25) is 4.90 Å². The van der Waals surface area contributed by atoms with Crippen molar-refractivity contribution in [3.8, 4) is 6.07 Å². The molecule has 0 aromatic carbocycles. The molecule has 1 aromatic heterocycles. The highest BCUT2D eigenvalue weighted by Crippen LogP contribution is 2.37. The summed E-state index contributed by atoms with van der Waals surface area (Å²) in [6.07, 6.45) is 3.07. The van der Waals surface area contributed by atoms with Crippen LogP contribution >= 0.6 is 27.3 Å². The highest BCUT2D eigenvalue weighted by atomic mass is 79.9. The van der Waals surface area contributed by atoms with Gasteiger partial charge in [-0.25, -0.2) is 0 Å². The fourth-order valence-electron chi connectivity index (χ4n) is 2.10. The topological polar surface area (TPSA) is 53.0 Å². The zero-order chi connectivity index (χ0) is 12.3. The van der Waals surface area contributed by atoms with Gasteiger partial charge in [0.1, 0.15) is 0 Å². The van der Waals surface area contributed by atoms with Gasteiger partial charge in [0.05, 0.1) is 15.9 Å². The number of nitrogens with zero attached hydrogens (tertiary/aromatic N) is 2. The van der Waals surface area contributed by atoms with Crippen molar-refractivity contribution in [2.45, 2.75) is 31.3 Å². The lowest BCUT2D eigenvalue weighted by molar-refractivity contribution is 0.198. The molecule has 3 nitrogen and oxygen atoms in total. The van der Waals surface area contributed by atoms with Gasteiger partial charge in [-0.2, -0.15) is 5.26 Å². The van der Waals surface area contributed by atoms with Crippen molar-refractivity contribution >= 4 is 27.3 Å². The molecule has 0 amide bonds. The van der Waals surface area contributed by atoms with E-state index in [0.29, 0.717) is 19.0 Å². The van der Waals surface area contributed by atoms with Crippen molar-refractivity contribution in [1.29, 1.82) is 5.26 Å². The lowest BCUT2D eigenvalue weighted by Crippen LogP contribution is -2.35. The van der Waals surface area contributed by atoms with Crippen molar-refractivity contribution in [1.82, 2.24) is 4.90 Å². The van der Waals surface area contributed by atoms with Gasteiger partial charge in [0.2, 0.25) is 0 Å². The van der Waals surface area contributed by atoms with E-state index in [-0.39, 0.29) is 6.04 Å². The maximum absolute atomic E-state index is 8.73. The van der Waals surface area contributed by atoms with Gasteiger partial charge in [-0.05, 0) is 40.9 Å². The molecule has 1 aromatic rings. The molecule has 1 heterocycles. The van der Waals surface area contributed by atoms with E-state index >= 15 is 0 Å². The minimum atomic E-state index is 0.271. The van der Waals surface area contributed by atoms with E-state index in [0.717, 1.165) is 10.3 Å². The molecular formula is C12H16BrN3S. The van der Waals surface area contributed by atoms with Gasteiger partial charge in [0.25, 0.3) is 0 Å². The lowest BCUT2D eigenvalue weighted by Gasteiger charge is -2.29. The van der Waals surface area contributed by atoms with Gasteiger partial charge < -0.3 is 5.73 Å². The first-order valence-corrected chi connectivity index (χ1v) is 7.45. The first-order chi connectivity index (χ1) is 8.26. The van der Waals surface area contributed by atoms with Crippen LogP contribution in [0.15, 0.2) is 15.9 Å². The Bertz CT molecular complexity index is 408. The highest BCUT2D eigenvalue weighted by molar-refractivity contribution is 9.11. The Morgan fingerprint density at radius 3 is 2.82 bits per heavy atom. The van der Waals surface area contributed by atoms with E-state index in [2.05, 4.69) is 39.0 Å². The minimum Gasteiger partial charge on any atom is -0.329 e. The molecular weight excluding hydrogens is 298 g/mol. The van der Waals surface area contributed by atoms with Crippen LogP contribution in [-0.4, -0.2) is 24.0 Å². The molecule has 0 bridgehead atoms. The summed E-state index contributed by atoms with van der Waals surface area (Å²) in [4.78, 5) is 3.70. The number of halogens is 1. The van der Waals surface area contributed by atoms with Gasteiger partial charge in [0.15, 0.2) is 0 Å². The molecule has 1 fully saturated rings. The maximum Gasteiger partial charge on any atom is 0.0702 e. The average Bonchev–Trinajstić information content (AvgIpc) is 3.08. The predicted octanol–water partition coefficient (Wildman–Crippen LogP) is 2.89. The molecule has 5 heteroatoms. The number of nitriles is 1. The van der Waals surface area contributed by atoms with Crippen LogP contribution in [0, 0.1) is 11.3 Å². The number of thiophene rings is 1. The van der Waals surface area contributed by atoms with E-state index in [1.54, 1.807) is 11.3 Å². The molecule has 2 rings (SSSR count). The SMILES string of the molecule is N#CCCN(C1CC1)C(CN)c1ccc(Br)s1. The van der Waals surface area contributed by atoms with Crippen LogP contribution in [0.2, 0.25) is 0 Å². The van der Waals surface area contributed by atoms with E-state index in [4.69, 9.17) is 11.0 Å². The zero-order valence-electron chi connectivity index (χ0n) is 9.60. The van der Waals surface area contributed by atoms with Crippen molar-refractivity contribution in [2.24, 2.45) is 5.73 Å². The van der Waals surface area contributed by atoms with Crippen LogP contribution in [0.5, 0.6) is 0 Å². The van der Waals surface area contributed by atoms with E-state index < -0.39 is 0 Å². The number of hydrogen-bond donors (Lipinski definition) is 1. The molecule has 17 heavy (non-hydrogen) atoms. The van der Waals surface area contributed by atoms with Crippen LogP contribution in [0.1, 0.15) is 30.2 Å². The third kappa shape index (κ3) is 3.29. The smallest absolute Gasteiger partial charge is 0.0702 e. The maximum atomic E-state index is 8.73. The molecule has 1 saturated carbocycles. The minimum absolute atomic E-state index is 0.271. The third-order valence-electron chi connectivity index (χ3n) is 3.04. The summed E-state index contributed by atoms with van der Waals surface area (Å²) < 4.78 is 1.14. The summed E-state index contributed by atoms with van der Waals surface area (Å²) in [6, 6.07) is 7.34. The summed E-state index contributed by atoms with van der Waals surface area (Å²) >= 11 is 5.23. The molecule has 0 saturated heterocycles. The largest absolute Gasteiger partial charge is 0.329 e. The van der Waals surface area contributed by atoms with E-state index in [1.165, 1.54) is 17.7 Å². The molecule has 1 unspecified atom stereocenters. The monoisotopic (exact) mass is 313 g/mol. The Hall–Kier alpha value is -0.410. The van der Waals surface area contributed by atoms with Gasteiger partial charge in [-0.1, -0.05) is 0 Å². The molecule has 1 aliphatic carbocycles. The Morgan fingerprint density at radius 2 is 2.35 bits per heavy atom. The Kier molecular flexibility index (Phi) is 4.57. The fraction of sp³-hybridized carbons (Fsp3) is 0.583. The van der Waals surface area contributed by atoms with Gasteiger partial charge in [0, 0.05) is 30.4 Å². The summed E-state index contributed by atoms with van der Waals surface area (Å²) in [5, 5.41) is 8.73. The van der Waals surface area contributed by atoms with Crippen molar-refractivity contribution in [3.63, 3.8) is 0 Å². The number of hydrogen-bond acceptors (Lipinski definition) is 4. The number of rotatable bonds is 6. The molecule has 0 radical (unpaired) electrons. The number of nitrogens with two attached hydrogens (primary N) is 1. The van der Waals surface area contributed by atoms with Gasteiger partial charge >= 0.3 is 0 Å². The molecule has 92 valence electrons. The van der Waals surface area contributed by atoms with Crippen LogP contribution < -0.4 is 5.73 Å². The fourth-order valence-corrected chi connectivity index (χ4v) is 3.66. The second-order valence-corrected chi connectivity index (χ2v) is 6.77. The van der Waals surface area contributed by atoms with Gasteiger partial charge in [-0.15, -0.1) is 11.3 Å². The second-order valence-electron chi connectivity index (χ2n) is 4.27. The normalized spacial score (nSPS) is 17.1. The van der Waals surface area contributed by atoms with Crippen LogP contribution in [0.4, 0.5) is 0 Å². The first-order valence-electron chi connectivity index (χ1n) is 5.84.